The first-order valence-electron chi connectivity index (χ1n) is 6.59. The summed E-state index contributed by atoms with van der Waals surface area (Å²) in [6.07, 6.45) is -1.37. The van der Waals surface area contributed by atoms with Gasteiger partial charge in [0.05, 0.1) is 32.5 Å². The Morgan fingerprint density at radius 3 is 2.95 bits per heavy atom. The second-order valence-corrected chi connectivity index (χ2v) is 4.89. The summed E-state index contributed by atoms with van der Waals surface area (Å²) in [4.78, 5) is 8.15. The molecule has 0 bridgehead atoms. The van der Waals surface area contributed by atoms with Crippen LogP contribution in [0.5, 0.6) is 5.88 Å². The Balaban J connectivity index is 2.13. The van der Waals surface area contributed by atoms with E-state index in [0.29, 0.717) is 6.61 Å². The summed E-state index contributed by atoms with van der Waals surface area (Å²) in [6, 6.07) is 3.13. The monoisotopic (exact) mass is 294 g/mol. The molecule has 0 radical (unpaired) electrons. The molecule has 0 amide bonds. The van der Waals surface area contributed by atoms with E-state index in [1.54, 1.807) is 0 Å². The zero-order valence-electron chi connectivity index (χ0n) is 11.9. The largest absolute Gasteiger partial charge is 0.481 e. The lowest BCUT2D eigenvalue weighted by Crippen LogP contribution is -2.52. The first kappa shape index (κ1) is 15.4. The number of hydrogen-bond acceptors (Lipinski definition) is 8. The number of aliphatic hydroxyl groups is 2. The second kappa shape index (κ2) is 6.67. The van der Waals surface area contributed by atoms with Crippen LogP contribution in [-0.4, -0.2) is 58.8 Å². The van der Waals surface area contributed by atoms with Gasteiger partial charge in [0, 0.05) is 12.0 Å². The molecule has 3 N–H and O–H groups in total. The number of hydrogen-bond donors (Lipinski definition) is 3. The highest BCUT2D eigenvalue weighted by Crippen LogP contribution is 2.23. The zero-order chi connectivity index (χ0) is 15.4. The van der Waals surface area contributed by atoms with Crippen molar-refractivity contribution in [1.82, 2.24) is 9.97 Å². The molecular weight excluding hydrogens is 276 g/mol. The van der Waals surface area contributed by atoms with Crippen molar-refractivity contribution in [3.8, 4) is 11.9 Å². The molecule has 1 saturated heterocycles. The molecule has 8 nitrogen and oxygen atoms in total. The Hall–Kier alpha value is -1.95. The van der Waals surface area contributed by atoms with Gasteiger partial charge in [0.25, 0.3) is 0 Å². The molecule has 0 spiro atoms. The van der Waals surface area contributed by atoms with E-state index in [1.165, 1.54) is 13.2 Å². The molecule has 1 aliphatic heterocycles. The molecule has 1 aromatic heterocycles. The minimum Gasteiger partial charge on any atom is -0.481 e. The Bertz CT molecular complexity index is 533. The number of rotatable bonds is 4. The fourth-order valence-electron chi connectivity index (χ4n) is 2.21. The van der Waals surface area contributed by atoms with Gasteiger partial charge in [-0.1, -0.05) is 6.92 Å². The van der Waals surface area contributed by atoms with E-state index >= 15 is 0 Å². The van der Waals surface area contributed by atoms with Gasteiger partial charge in [-0.3, -0.25) is 0 Å². The van der Waals surface area contributed by atoms with Gasteiger partial charge in [0.15, 0.2) is 0 Å². The second-order valence-electron chi connectivity index (χ2n) is 4.89. The van der Waals surface area contributed by atoms with Crippen molar-refractivity contribution in [2.45, 2.75) is 25.2 Å². The molecule has 1 aromatic rings. The summed E-state index contributed by atoms with van der Waals surface area (Å²) in [5, 5.41) is 31.1. The molecule has 2 heterocycles. The van der Waals surface area contributed by atoms with E-state index < -0.39 is 12.2 Å². The van der Waals surface area contributed by atoms with E-state index in [2.05, 4.69) is 15.3 Å². The molecule has 0 aliphatic carbocycles. The highest BCUT2D eigenvalue weighted by Gasteiger charge is 2.36. The first-order chi connectivity index (χ1) is 10.1. The number of aromatic nitrogens is 2. The summed E-state index contributed by atoms with van der Waals surface area (Å²) < 4.78 is 10.4. The molecule has 1 aliphatic rings. The number of aliphatic hydroxyl groups excluding tert-OH is 2. The lowest BCUT2D eigenvalue weighted by molar-refractivity contribution is -0.123. The van der Waals surface area contributed by atoms with Crippen LogP contribution in [0.3, 0.4) is 0 Å². The molecule has 2 rings (SSSR count). The van der Waals surface area contributed by atoms with Gasteiger partial charge in [-0.2, -0.15) is 10.2 Å². The summed E-state index contributed by atoms with van der Waals surface area (Å²) in [6.45, 7) is 1.91. The average Bonchev–Trinajstić information content (AvgIpc) is 2.51. The quantitative estimate of drug-likeness (QED) is 0.681. The molecule has 21 heavy (non-hydrogen) atoms. The Labute approximate surface area is 122 Å². The average molecular weight is 294 g/mol. The van der Waals surface area contributed by atoms with Crippen molar-refractivity contribution >= 4 is 5.95 Å². The van der Waals surface area contributed by atoms with Gasteiger partial charge in [0.1, 0.15) is 17.9 Å². The Morgan fingerprint density at radius 1 is 1.57 bits per heavy atom. The molecule has 0 unspecified atom stereocenters. The summed E-state index contributed by atoms with van der Waals surface area (Å²) in [7, 11) is 1.45. The van der Waals surface area contributed by atoms with Crippen molar-refractivity contribution in [3.05, 3.63) is 11.8 Å². The molecule has 4 atom stereocenters. The summed E-state index contributed by atoms with van der Waals surface area (Å²) in [5.74, 6) is 0.347. The Kier molecular flexibility index (Phi) is 4.90. The number of nitrogens with one attached hydrogen (secondary N) is 1. The third kappa shape index (κ3) is 3.39. The smallest absolute Gasteiger partial charge is 0.227 e. The van der Waals surface area contributed by atoms with E-state index in [9.17, 15) is 5.11 Å². The van der Waals surface area contributed by atoms with E-state index in [4.69, 9.17) is 19.8 Å². The highest BCUT2D eigenvalue weighted by molar-refractivity contribution is 5.36. The summed E-state index contributed by atoms with van der Waals surface area (Å²) >= 11 is 0. The number of nitrogens with zero attached hydrogens (tertiary/aromatic N) is 3. The van der Waals surface area contributed by atoms with Crippen molar-refractivity contribution in [2.75, 3.05) is 25.6 Å². The number of nitriles is 1. The molecule has 114 valence electrons. The maximum absolute atomic E-state index is 10.0. The minimum absolute atomic E-state index is 0.170. The van der Waals surface area contributed by atoms with Gasteiger partial charge in [-0.25, -0.2) is 4.98 Å². The fraction of sp³-hybridized carbons (Fsp3) is 0.615. The van der Waals surface area contributed by atoms with Gasteiger partial charge < -0.3 is 25.0 Å². The van der Waals surface area contributed by atoms with Crippen molar-refractivity contribution < 1.29 is 19.7 Å². The Morgan fingerprint density at radius 2 is 2.33 bits per heavy atom. The summed E-state index contributed by atoms with van der Waals surface area (Å²) in [5.41, 5.74) is 0.183. The van der Waals surface area contributed by atoms with E-state index in [-0.39, 0.29) is 36.1 Å². The molecule has 0 aromatic carbocycles. The molecule has 8 heteroatoms. The number of methoxy groups -OCH3 is 1. The van der Waals surface area contributed by atoms with Gasteiger partial charge >= 0.3 is 0 Å². The van der Waals surface area contributed by atoms with Gasteiger partial charge in [-0.05, 0) is 0 Å². The lowest BCUT2D eigenvalue weighted by Gasteiger charge is -2.38. The predicted octanol–water partition coefficient (Wildman–Crippen LogP) is -0.475. The molecular formula is C13H18N4O4. The first-order valence-corrected chi connectivity index (χ1v) is 6.59. The maximum Gasteiger partial charge on any atom is 0.227 e. The third-order valence-corrected chi connectivity index (χ3v) is 3.56. The number of ether oxygens (including phenoxy) is 2. The minimum atomic E-state index is -0.790. The van der Waals surface area contributed by atoms with Gasteiger partial charge in [-0.15, -0.1) is 0 Å². The van der Waals surface area contributed by atoms with E-state index in [0.717, 1.165) is 0 Å². The maximum atomic E-state index is 10.0. The van der Waals surface area contributed by atoms with Crippen LogP contribution >= 0.6 is 0 Å². The third-order valence-electron chi connectivity index (χ3n) is 3.56. The number of anilines is 1. The van der Waals surface area contributed by atoms with Crippen molar-refractivity contribution in [3.63, 3.8) is 0 Å². The normalized spacial score (nSPS) is 28.7. The van der Waals surface area contributed by atoms with Crippen LogP contribution in [0.4, 0.5) is 5.95 Å². The predicted molar refractivity (Wildman–Crippen MR) is 72.7 cm³/mol. The van der Waals surface area contributed by atoms with Crippen LogP contribution < -0.4 is 10.1 Å². The lowest BCUT2D eigenvalue weighted by atomic mass is 9.90. The van der Waals surface area contributed by atoms with Crippen LogP contribution in [0.15, 0.2) is 6.07 Å². The van der Waals surface area contributed by atoms with Gasteiger partial charge in [0.2, 0.25) is 11.8 Å². The van der Waals surface area contributed by atoms with Crippen LogP contribution in [-0.2, 0) is 4.74 Å². The highest BCUT2D eigenvalue weighted by atomic mass is 16.5. The molecule has 1 fully saturated rings. The standard InChI is InChI=1S/C13H18N4O4/c1-7-9(6-21-10(5-18)12(7)19)16-13-15-8(4-14)3-11(17-13)20-2/h3,7,9-10,12,18-19H,5-6H2,1-2H3,(H,15,16,17)/t7-,9+,10-,12-/m1/s1. The zero-order valence-corrected chi connectivity index (χ0v) is 11.9. The fourth-order valence-corrected chi connectivity index (χ4v) is 2.21. The molecule has 0 saturated carbocycles. The SMILES string of the molecule is COc1cc(C#N)nc(N[C@H]2CO[C@H](CO)[C@H](O)[C@@H]2C)n1. The van der Waals surface area contributed by atoms with Crippen molar-refractivity contribution in [2.24, 2.45) is 5.92 Å². The van der Waals surface area contributed by atoms with Crippen LogP contribution in [0.2, 0.25) is 0 Å². The topological polar surface area (TPSA) is 121 Å². The van der Waals surface area contributed by atoms with E-state index in [1.807, 2.05) is 13.0 Å². The van der Waals surface area contributed by atoms with Crippen LogP contribution in [0.1, 0.15) is 12.6 Å². The van der Waals surface area contributed by atoms with Crippen molar-refractivity contribution in [1.29, 1.82) is 5.26 Å². The van der Waals surface area contributed by atoms with Crippen LogP contribution in [0, 0.1) is 17.2 Å². The van der Waals surface area contributed by atoms with Crippen LogP contribution in [0.25, 0.3) is 0 Å².